The molecule has 0 atom stereocenters. The molecule has 2 nitrogen and oxygen atoms in total. The Balaban J connectivity index is 1.11. The zero-order chi connectivity index (χ0) is 32.1. The monoisotopic (exact) mass is 642 g/mol. The van der Waals surface area contributed by atoms with Crippen molar-refractivity contribution in [1.82, 2.24) is 9.13 Å². The molecule has 2 aliphatic rings. The zero-order valence-corrected chi connectivity index (χ0v) is 27.5. The Morgan fingerprint density at radius 3 is 2.04 bits per heavy atom. The first-order valence-corrected chi connectivity index (χ1v) is 17.9. The third-order valence-corrected chi connectivity index (χ3v) is 11.6. The van der Waals surface area contributed by atoms with Crippen LogP contribution in [0.3, 0.4) is 0 Å². The molecule has 0 saturated heterocycles. The molecule has 0 radical (unpaired) electrons. The fourth-order valence-electron chi connectivity index (χ4n) is 8.39. The number of nitrogens with zero attached hydrogens (tertiary/aromatic N) is 2. The Bertz CT molecular complexity index is 2900. The molecular weight excluding hydrogens is 613 g/mol. The lowest BCUT2D eigenvalue weighted by Crippen LogP contribution is -1.97. The molecule has 9 aromatic rings. The van der Waals surface area contributed by atoms with Crippen molar-refractivity contribution in [1.29, 1.82) is 0 Å². The first-order valence-electron chi connectivity index (χ1n) is 17.1. The van der Waals surface area contributed by atoms with E-state index in [-0.39, 0.29) is 0 Å². The van der Waals surface area contributed by atoms with Gasteiger partial charge in [0.1, 0.15) is 0 Å². The first-order chi connectivity index (χ1) is 24.3. The maximum Gasteiger partial charge on any atom is 0.0558 e. The lowest BCUT2D eigenvalue weighted by molar-refractivity contribution is 1.02. The number of hydrogen-bond donors (Lipinski definition) is 0. The summed E-state index contributed by atoms with van der Waals surface area (Å²) in [6, 6.07) is 51.8. The summed E-state index contributed by atoms with van der Waals surface area (Å²) in [7, 11) is 0. The van der Waals surface area contributed by atoms with Crippen LogP contribution >= 0.6 is 11.8 Å². The molecule has 1 aliphatic heterocycles. The largest absolute Gasteiger partial charge is 0.310 e. The topological polar surface area (TPSA) is 9.86 Å². The lowest BCUT2D eigenvalue weighted by atomic mass is 9.92. The van der Waals surface area contributed by atoms with Crippen LogP contribution in [0.15, 0.2) is 168 Å². The number of hydrogen-bond acceptors (Lipinski definition) is 1. The van der Waals surface area contributed by atoms with Gasteiger partial charge < -0.3 is 9.13 Å². The van der Waals surface area contributed by atoms with Gasteiger partial charge in [0.25, 0.3) is 0 Å². The lowest BCUT2D eigenvalue weighted by Gasteiger charge is -2.22. The summed E-state index contributed by atoms with van der Waals surface area (Å²) in [4.78, 5) is 2.62. The van der Waals surface area contributed by atoms with Crippen LogP contribution in [0.25, 0.3) is 88.0 Å². The molecular formula is C46H30N2S. The van der Waals surface area contributed by atoms with Crippen LogP contribution in [0.2, 0.25) is 0 Å². The molecule has 0 bridgehead atoms. The Kier molecular flexibility index (Phi) is 5.75. The van der Waals surface area contributed by atoms with Gasteiger partial charge in [-0.25, -0.2) is 0 Å². The number of benzene rings is 7. The van der Waals surface area contributed by atoms with Gasteiger partial charge in [0, 0.05) is 48.1 Å². The van der Waals surface area contributed by atoms with Crippen LogP contribution < -0.4 is 0 Å². The molecule has 0 amide bonds. The van der Waals surface area contributed by atoms with Crippen molar-refractivity contribution in [3.63, 3.8) is 0 Å². The third kappa shape index (κ3) is 3.91. The van der Waals surface area contributed by atoms with E-state index < -0.39 is 0 Å². The average Bonchev–Trinajstić information content (AvgIpc) is 3.68. The Labute approximate surface area is 288 Å². The van der Waals surface area contributed by atoms with Crippen molar-refractivity contribution in [3.05, 3.63) is 158 Å². The van der Waals surface area contributed by atoms with Crippen molar-refractivity contribution in [2.24, 2.45) is 0 Å². The van der Waals surface area contributed by atoms with Gasteiger partial charge in [-0.15, -0.1) is 0 Å². The molecule has 11 rings (SSSR count). The van der Waals surface area contributed by atoms with E-state index >= 15 is 0 Å². The molecule has 0 unspecified atom stereocenters. The highest BCUT2D eigenvalue weighted by Crippen LogP contribution is 2.52. The average molecular weight is 643 g/mol. The van der Waals surface area contributed by atoms with Gasteiger partial charge in [0.05, 0.1) is 22.1 Å². The van der Waals surface area contributed by atoms with E-state index in [1.165, 1.54) is 97.8 Å². The van der Waals surface area contributed by atoms with Crippen LogP contribution in [-0.4, -0.2) is 9.13 Å². The fraction of sp³-hybridized carbons (Fsp3) is 0.0435. The smallest absolute Gasteiger partial charge is 0.0558 e. The molecule has 3 heteroatoms. The highest BCUT2D eigenvalue weighted by molar-refractivity contribution is 7.99. The van der Waals surface area contributed by atoms with Gasteiger partial charge in [-0.2, -0.15) is 0 Å². The minimum Gasteiger partial charge on any atom is -0.310 e. The van der Waals surface area contributed by atoms with Crippen molar-refractivity contribution in [2.75, 3.05) is 0 Å². The van der Waals surface area contributed by atoms with Gasteiger partial charge in [-0.1, -0.05) is 109 Å². The highest BCUT2D eigenvalue weighted by atomic mass is 32.2. The summed E-state index contributed by atoms with van der Waals surface area (Å²) in [6.45, 7) is 0. The maximum absolute atomic E-state index is 2.43. The molecule has 49 heavy (non-hydrogen) atoms. The molecule has 0 spiro atoms. The number of rotatable bonds is 3. The standard InChI is InChI=1S/C46H30N2S/c1-3-12-31(13-4-1)47-39-20-9-7-16-33(39)37-26-29(22-24-41(37)47)30-23-25-43-38(27-30)34-18-11-19-36-45-35-17-8-10-21-40(35)48(32-14-5-2-6-15-32)42(45)28-44(49-43)46(34)36/h2-3,5-28H,1,4H2. The van der Waals surface area contributed by atoms with E-state index in [2.05, 4.69) is 167 Å². The van der Waals surface area contributed by atoms with E-state index in [0.717, 1.165) is 12.8 Å². The third-order valence-electron chi connectivity index (χ3n) is 10.5. The fourth-order valence-corrected chi connectivity index (χ4v) is 9.53. The molecule has 230 valence electrons. The van der Waals surface area contributed by atoms with Crippen LogP contribution in [0.1, 0.15) is 12.8 Å². The van der Waals surface area contributed by atoms with E-state index in [9.17, 15) is 0 Å². The summed E-state index contributed by atoms with van der Waals surface area (Å²) < 4.78 is 4.86. The van der Waals surface area contributed by atoms with E-state index in [1.54, 1.807) is 0 Å². The predicted molar refractivity (Wildman–Crippen MR) is 209 cm³/mol. The molecule has 0 fully saturated rings. The molecule has 2 aromatic heterocycles. The Morgan fingerprint density at radius 2 is 1.18 bits per heavy atom. The van der Waals surface area contributed by atoms with Gasteiger partial charge >= 0.3 is 0 Å². The quantitative estimate of drug-likeness (QED) is 0.186. The normalized spacial score (nSPS) is 13.9. The number of fused-ring (bicyclic) bond motifs is 9. The second-order valence-corrected chi connectivity index (χ2v) is 14.3. The SMILES string of the molecule is C1=CC(n2c3ccccc3c3cc(-c4ccc5c(c4)-c4cccc6c4c(cc4c6c6ccccc6n4-c4ccccc4)S5)ccc32)=CCC1. The first kappa shape index (κ1) is 27.2. The predicted octanol–water partition coefficient (Wildman–Crippen LogP) is 13.0. The van der Waals surface area contributed by atoms with Crippen LogP contribution in [0.4, 0.5) is 0 Å². The summed E-state index contributed by atoms with van der Waals surface area (Å²) >= 11 is 1.90. The number of allylic oxidation sites excluding steroid dienone is 4. The van der Waals surface area contributed by atoms with Gasteiger partial charge in [0.2, 0.25) is 0 Å². The molecule has 1 aliphatic carbocycles. The number of aromatic nitrogens is 2. The summed E-state index contributed by atoms with van der Waals surface area (Å²) in [5.41, 5.74) is 12.6. The highest BCUT2D eigenvalue weighted by Gasteiger charge is 2.24. The van der Waals surface area contributed by atoms with Crippen LogP contribution in [0.5, 0.6) is 0 Å². The molecule has 7 aromatic carbocycles. The van der Waals surface area contributed by atoms with E-state index in [4.69, 9.17) is 0 Å². The Morgan fingerprint density at radius 1 is 0.449 bits per heavy atom. The van der Waals surface area contributed by atoms with Gasteiger partial charge in [-0.3, -0.25) is 0 Å². The minimum absolute atomic E-state index is 1.08. The zero-order valence-electron chi connectivity index (χ0n) is 26.7. The second-order valence-electron chi connectivity index (χ2n) is 13.2. The van der Waals surface area contributed by atoms with Crippen LogP contribution in [-0.2, 0) is 0 Å². The summed E-state index contributed by atoms with van der Waals surface area (Å²) in [6.07, 6.45) is 9.13. The van der Waals surface area contributed by atoms with E-state index in [1.807, 2.05) is 11.8 Å². The second kappa shape index (κ2) is 10.4. The summed E-state index contributed by atoms with van der Waals surface area (Å²) in [5.74, 6) is 0. The Hall–Kier alpha value is -5.77. The minimum atomic E-state index is 1.08. The van der Waals surface area contributed by atoms with E-state index in [0.29, 0.717) is 0 Å². The molecule has 0 N–H and O–H groups in total. The van der Waals surface area contributed by atoms with Gasteiger partial charge in [-0.05, 0) is 101 Å². The molecule has 0 saturated carbocycles. The van der Waals surface area contributed by atoms with Gasteiger partial charge in [0.15, 0.2) is 0 Å². The van der Waals surface area contributed by atoms with Crippen molar-refractivity contribution < 1.29 is 0 Å². The summed E-state index contributed by atoms with van der Waals surface area (Å²) in [5, 5.41) is 7.88. The molecule has 3 heterocycles. The van der Waals surface area contributed by atoms with Crippen molar-refractivity contribution >= 4 is 71.8 Å². The number of para-hydroxylation sites is 3. The maximum atomic E-state index is 2.43. The van der Waals surface area contributed by atoms with Crippen LogP contribution in [0, 0.1) is 0 Å². The van der Waals surface area contributed by atoms with Crippen molar-refractivity contribution in [3.8, 4) is 27.9 Å². The van der Waals surface area contributed by atoms with Crippen molar-refractivity contribution in [2.45, 2.75) is 22.6 Å².